The summed E-state index contributed by atoms with van der Waals surface area (Å²) in [7, 11) is 0. The van der Waals surface area contributed by atoms with Crippen molar-refractivity contribution < 1.29 is 14.6 Å². The number of nitrogens with zero attached hydrogens (tertiary/aromatic N) is 4. The molecule has 0 aliphatic carbocycles. The molecule has 27 heavy (non-hydrogen) atoms. The van der Waals surface area contributed by atoms with Gasteiger partial charge in [0.05, 0.1) is 30.2 Å². The number of aliphatic hydroxyl groups is 1. The molecule has 1 unspecified atom stereocenters. The van der Waals surface area contributed by atoms with Gasteiger partial charge < -0.3 is 14.6 Å². The first-order valence-corrected chi connectivity index (χ1v) is 9.15. The van der Waals surface area contributed by atoms with E-state index in [9.17, 15) is 5.11 Å². The SMILES string of the molecule is Cc1nn(CCO)c(C)c1-n1ccnc1C(C)Cc1ccc2c(c1)OCO2. The van der Waals surface area contributed by atoms with Crippen LogP contribution in [0.5, 0.6) is 11.5 Å². The maximum absolute atomic E-state index is 9.25. The molecule has 3 heterocycles. The fourth-order valence-corrected chi connectivity index (χ4v) is 3.73. The van der Waals surface area contributed by atoms with Crippen molar-refractivity contribution in [2.45, 2.75) is 39.7 Å². The summed E-state index contributed by atoms with van der Waals surface area (Å²) in [5.41, 5.74) is 4.17. The van der Waals surface area contributed by atoms with Gasteiger partial charge in [0.25, 0.3) is 0 Å². The number of imidazole rings is 1. The Labute approximate surface area is 158 Å². The van der Waals surface area contributed by atoms with E-state index in [-0.39, 0.29) is 19.3 Å². The van der Waals surface area contributed by atoms with E-state index >= 15 is 0 Å². The first-order valence-electron chi connectivity index (χ1n) is 9.15. The minimum Gasteiger partial charge on any atom is -0.454 e. The summed E-state index contributed by atoms with van der Waals surface area (Å²) >= 11 is 0. The largest absolute Gasteiger partial charge is 0.454 e. The fourth-order valence-electron chi connectivity index (χ4n) is 3.73. The molecule has 0 radical (unpaired) electrons. The highest BCUT2D eigenvalue weighted by atomic mass is 16.7. The van der Waals surface area contributed by atoms with Crippen molar-refractivity contribution in [2.24, 2.45) is 0 Å². The van der Waals surface area contributed by atoms with Crippen LogP contribution in [-0.4, -0.2) is 37.8 Å². The second-order valence-electron chi connectivity index (χ2n) is 6.91. The van der Waals surface area contributed by atoms with Crippen molar-refractivity contribution in [3.63, 3.8) is 0 Å². The lowest BCUT2D eigenvalue weighted by molar-refractivity contribution is 0.174. The van der Waals surface area contributed by atoms with Gasteiger partial charge >= 0.3 is 0 Å². The number of hydrogen-bond donors (Lipinski definition) is 1. The van der Waals surface area contributed by atoms with Gasteiger partial charge in [-0.25, -0.2) is 4.98 Å². The summed E-state index contributed by atoms with van der Waals surface area (Å²) in [6.45, 7) is 7.03. The molecule has 0 saturated heterocycles. The number of hydrogen-bond acceptors (Lipinski definition) is 5. The molecule has 0 fully saturated rings. The number of benzene rings is 1. The average Bonchev–Trinajstić information content (AvgIpc) is 3.35. The lowest BCUT2D eigenvalue weighted by atomic mass is 10.00. The normalized spacial score (nSPS) is 13.9. The summed E-state index contributed by atoms with van der Waals surface area (Å²) in [6, 6.07) is 6.08. The van der Waals surface area contributed by atoms with Gasteiger partial charge in [-0.2, -0.15) is 5.10 Å². The Kier molecular flexibility index (Phi) is 4.61. The van der Waals surface area contributed by atoms with Crippen LogP contribution in [0.2, 0.25) is 0 Å². The van der Waals surface area contributed by atoms with Crippen LogP contribution >= 0.6 is 0 Å². The quantitative estimate of drug-likeness (QED) is 0.724. The third-order valence-electron chi connectivity index (χ3n) is 4.99. The van der Waals surface area contributed by atoms with Crippen molar-refractivity contribution in [3.05, 3.63) is 53.4 Å². The van der Waals surface area contributed by atoms with Gasteiger partial charge in [0.1, 0.15) is 5.82 Å². The molecular formula is C20H24N4O3. The lowest BCUT2D eigenvalue weighted by Crippen LogP contribution is -2.10. The molecule has 1 aliphatic heterocycles. The predicted molar refractivity (Wildman–Crippen MR) is 101 cm³/mol. The van der Waals surface area contributed by atoms with Crippen LogP contribution in [0.4, 0.5) is 0 Å². The summed E-state index contributed by atoms with van der Waals surface area (Å²) in [4.78, 5) is 4.62. The lowest BCUT2D eigenvalue weighted by Gasteiger charge is -2.15. The Balaban J connectivity index is 1.62. The van der Waals surface area contributed by atoms with Gasteiger partial charge in [0, 0.05) is 18.3 Å². The van der Waals surface area contributed by atoms with Crippen LogP contribution in [0.1, 0.15) is 35.6 Å². The van der Waals surface area contributed by atoms with Crippen molar-refractivity contribution in [2.75, 3.05) is 13.4 Å². The molecule has 1 aromatic carbocycles. The van der Waals surface area contributed by atoms with E-state index in [2.05, 4.69) is 27.6 Å². The van der Waals surface area contributed by atoms with Crippen LogP contribution in [0.3, 0.4) is 0 Å². The molecule has 1 N–H and O–H groups in total. The topological polar surface area (TPSA) is 74.3 Å². The van der Waals surface area contributed by atoms with Crippen LogP contribution in [0.25, 0.3) is 5.69 Å². The number of ether oxygens (including phenoxy) is 2. The van der Waals surface area contributed by atoms with E-state index in [0.717, 1.165) is 40.8 Å². The highest BCUT2D eigenvalue weighted by molar-refractivity contribution is 5.45. The smallest absolute Gasteiger partial charge is 0.231 e. The highest BCUT2D eigenvalue weighted by Gasteiger charge is 2.21. The Hall–Kier alpha value is -2.80. The van der Waals surface area contributed by atoms with Gasteiger partial charge in [0.15, 0.2) is 11.5 Å². The Bertz CT molecular complexity index is 960. The molecule has 3 aromatic rings. The third-order valence-corrected chi connectivity index (χ3v) is 4.99. The molecule has 1 aliphatic rings. The average molecular weight is 368 g/mol. The van der Waals surface area contributed by atoms with Crippen LogP contribution in [0.15, 0.2) is 30.6 Å². The molecule has 1 atom stereocenters. The van der Waals surface area contributed by atoms with Gasteiger partial charge in [-0.3, -0.25) is 9.25 Å². The Morgan fingerprint density at radius 1 is 1.22 bits per heavy atom. The minimum absolute atomic E-state index is 0.0682. The minimum atomic E-state index is 0.0682. The van der Waals surface area contributed by atoms with Crippen molar-refractivity contribution in [1.82, 2.24) is 19.3 Å². The zero-order valence-electron chi connectivity index (χ0n) is 15.8. The molecule has 0 saturated carbocycles. The van der Waals surface area contributed by atoms with Gasteiger partial charge in [0.2, 0.25) is 6.79 Å². The van der Waals surface area contributed by atoms with E-state index in [1.807, 2.05) is 43.1 Å². The van der Waals surface area contributed by atoms with E-state index in [4.69, 9.17) is 9.47 Å². The maximum Gasteiger partial charge on any atom is 0.231 e. The monoisotopic (exact) mass is 368 g/mol. The second-order valence-corrected chi connectivity index (χ2v) is 6.91. The molecule has 0 spiro atoms. The van der Waals surface area contributed by atoms with Gasteiger partial charge in [-0.1, -0.05) is 13.0 Å². The van der Waals surface area contributed by atoms with Crippen LogP contribution in [0, 0.1) is 13.8 Å². The maximum atomic E-state index is 9.25. The summed E-state index contributed by atoms with van der Waals surface area (Å²) in [5, 5.41) is 13.8. The molecular weight excluding hydrogens is 344 g/mol. The number of aryl methyl sites for hydroxylation is 1. The molecule has 4 rings (SSSR count). The van der Waals surface area contributed by atoms with Crippen molar-refractivity contribution in [3.8, 4) is 17.2 Å². The number of rotatable bonds is 6. The summed E-state index contributed by atoms with van der Waals surface area (Å²) in [5.74, 6) is 2.80. The molecule has 142 valence electrons. The number of aliphatic hydroxyl groups excluding tert-OH is 1. The number of aromatic nitrogens is 4. The molecule has 0 amide bonds. The van der Waals surface area contributed by atoms with Crippen LogP contribution in [-0.2, 0) is 13.0 Å². The Morgan fingerprint density at radius 2 is 2.04 bits per heavy atom. The van der Waals surface area contributed by atoms with E-state index in [1.54, 1.807) is 0 Å². The Morgan fingerprint density at radius 3 is 2.85 bits per heavy atom. The van der Waals surface area contributed by atoms with Gasteiger partial charge in [-0.05, 0) is 38.0 Å². The highest BCUT2D eigenvalue weighted by Crippen LogP contribution is 2.34. The molecule has 7 heteroatoms. The zero-order chi connectivity index (χ0) is 19.0. The second kappa shape index (κ2) is 7.08. The molecule has 2 aromatic heterocycles. The van der Waals surface area contributed by atoms with Crippen LogP contribution < -0.4 is 9.47 Å². The first kappa shape index (κ1) is 17.6. The molecule has 0 bridgehead atoms. The third kappa shape index (κ3) is 3.19. The predicted octanol–water partition coefficient (Wildman–Crippen LogP) is 2.75. The molecule has 7 nitrogen and oxygen atoms in total. The summed E-state index contributed by atoms with van der Waals surface area (Å²) < 4.78 is 14.8. The fraction of sp³-hybridized carbons (Fsp3) is 0.400. The number of fused-ring (bicyclic) bond motifs is 1. The van der Waals surface area contributed by atoms with E-state index in [0.29, 0.717) is 6.54 Å². The van der Waals surface area contributed by atoms with E-state index in [1.165, 1.54) is 5.56 Å². The van der Waals surface area contributed by atoms with Gasteiger partial charge in [-0.15, -0.1) is 0 Å². The first-order chi connectivity index (χ1) is 13.1. The van der Waals surface area contributed by atoms with Crippen molar-refractivity contribution >= 4 is 0 Å². The summed E-state index contributed by atoms with van der Waals surface area (Å²) in [6.07, 6.45) is 4.65. The standard InChI is InChI=1S/C20H24N4O3/c1-13(10-16-4-5-17-18(11-16)27-12-26-17)20-21-6-7-23(20)19-14(2)22-24(8-9-25)15(19)3/h4-7,11,13,25H,8-10,12H2,1-3H3. The van der Waals surface area contributed by atoms with E-state index < -0.39 is 0 Å². The zero-order valence-corrected chi connectivity index (χ0v) is 15.8. The van der Waals surface area contributed by atoms with Crippen molar-refractivity contribution in [1.29, 1.82) is 0 Å².